The Morgan fingerprint density at radius 3 is 2.17 bits per heavy atom. The van der Waals surface area contributed by atoms with Gasteiger partial charge < -0.3 is 23.9 Å². The van der Waals surface area contributed by atoms with Crippen molar-refractivity contribution in [3.8, 4) is 29.1 Å². The van der Waals surface area contributed by atoms with Gasteiger partial charge in [0.1, 0.15) is 28.9 Å². The van der Waals surface area contributed by atoms with E-state index in [1.54, 1.807) is 12.3 Å². The minimum absolute atomic E-state index is 0.0722. The van der Waals surface area contributed by atoms with Crippen LogP contribution < -0.4 is 14.8 Å². The van der Waals surface area contributed by atoms with Gasteiger partial charge in [0.05, 0.1) is 0 Å². The molecule has 0 saturated heterocycles. The molecular weight excluding hydrogens is 510 g/mol. The van der Waals surface area contributed by atoms with Gasteiger partial charge in [0.15, 0.2) is 0 Å². The molecule has 0 bridgehead atoms. The van der Waals surface area contributed by atoms with Crippen LogP contribution >= 0.6 is 0 Å². The molecule has 40 heavy (non-hydrogen) atoms. The van der Waals surface area contributed by atoms with E-state index in [0.717, 1.165) is 29.7 Å². The lowest BCUT2D eigenvalue weighted by molar-refractivity contribution is 0.0363. The molecule has 0 atom stereocenters. The number of rotatable bonds is 8. The highest BCUT2D eigenvalue weighted by molar-refractivity contribution is 5.68. The van der Waals surface area contributed by atoms with Crippen molar-refractivity contribution in [2.24, 2.45) is 0 Å². The van der Waals surface area contributed by atoms with Gasteiger partial charge >= 0.3 is 12.1 Å². The molecular formula is C30H33N5O5. The quantitative estimate of drug-likeness (QED) is 0.282. The van der Waals surface area contributed by atoms with E-state index in [9.17, 15) is 4.79 Å². The van der Waals surface area contributed by atoms with Crippen molar-refractivity contribution < 1.29 is 23.4 Å². The lowest BCUT2D eigenvalue weighted by Gasteiger charge is -2.36. The molecule has 1 saturated carbocycles. The number of aromatic nitrogens is 4. The minimum Gasteiger partial charge on any atom is -0.490 e. The van der Waals surface area contributed by atoms with Gasteiger partial charge in [-0.05, 0) is 62.2 Å². The van der Waals surface area contributed by atoms with Gasteiger partial charge in [-0.1, -0.05) is 38.1 Å². The first-order valence-corrected chi connectivity index (χ1v) is 13.2. The molecule has 0 aliphatic heterocycles. The predicted octanol–water partition coefficient (Wildman–Crippen LogP) is 6.08. The van der Waals surface area contributed by atoms with Crippen molar-refractivity contribution in [1.82, 2.24) is 25.5 Å². The number of carbonyl (C=O) groups excluding carboxylic acids is 1. The molecule has 0 unspecified atom stereocenters. The molecule has 0 radical (unpaired) electrons. The molecule has 208 valence electrons. The van der Waals surface area contributed by atoms with Crippen LogP contribution in [-0.2, 0) is 10.2 Å². The Hall–Kier alpha value is -4.47. The van der Waals surface area contributed by atoms with Crippen molar-refractivity contribution in [1.29, 1.82) is 0 Å². The molecule has 1 amide bonds. The highest BCUT2D eigenvalue weighted by Gasteiger charge is 2.33. The van der Waals surface area contributed by atoms with Crippen LogP contribution in [0.5, 0.6) is 17.5 Å². The van der Waals surface area contributed by atoms with Crippen LogP contribution in [0.3, 0.4) is 0 Å². The summed E-state index contributed by atoms with van der Waals surface area (Å²) in [5.74, 6) is 1.73. The minimum atomic E-state index is -0.506. The molecule has 1 fully saturated rings. The molecule has 0 spiro atoms. The Bertz CT molecular complexity index is 1420. The van der Waals surface area contributed by atoms with E-state index in [2.05, 4.69) is 51.5 Å². The van der Waals surface area contributed by atoms with E-state index in [1.165, 1.54) is 6.39 Å². The molecule has 10 nitrogen and oxygen atoms in total. The molecule has 2 aromatic heterocycles. The first-order chi connectivity index (χ1) is 19.0. The molecule has 1 aliphatic rings. The van der Waals surface area contributed by atoms with E-state index in [1.807, 2.05) is 57.2 Å². The van der Waals surface area contributed by atoms with Crippen LogP contribution in [0.15, 0.2) is 71.6 Å². The summed E-state index contributed by atoms with van der Waals surface area (Å²) in [5.41, 5.74) is 2.02. The summed E-state index contributed by atoms with van der Waals surface area (Å²) in [7, 11) is 0. The zero-order valence-corrected chi connectivity index (χ0v) is 23.2. The fraction of sp³-hybridized carbons (Fsp3) is 0.367. The maximum Gasteiger partial charge on any atom is 0.407 e. The number of nitrogens with one attached hydrogen (secondary N) is 1. The number of benzene rings is 2. The first-order valence-electron chi connectivity index (χ1n) is 13.2. The highest BCUT2D eigenvalue weighted by atomic mass is 16.6. The number of carbonyl (C=O) groups is 1. The summed E-state index contributed by atoms with van der Waals surface area (Å²) < 4.78 is 22.5. The van der Waals surface area contributed by atoms with Crippen molar-refractivity contribution in [3.05, 3.63) is 78.3 Å². The van der Waals surface area contributed by atoms with Gasteiger partial charge in [0.2, 0.25) is 6.39 Å². The van der Waals surface area contributed by atoms with E-state index in [4.69, 9.17) is 18.6 Å². The summed E-state index contributed by atoms with van der Waals surface area (Å²) in [6, 6.07) is 18.0. The molecule has 1 aliphatic carbocycles. The number of nitrogens with zero attached hydrogens (tertiary/aromatic N) is 4. The maximum absolute atomic E-state index is 11.9. The van der Waals surface area contributed by atoms with Gasteiger partial charge in [-0.25, -0.2) is 9.78 Å². The Labute approximate surface area is 233 Å². The van der Waals surface area contributed by atoms with Gasteiger partial charge in [0.25, 0.3) is 5.89 Å². The van der Waals surface area contributed by atoms with Crippen molar-refractivity contribution in [2.45, 2.75) is 70.6 Å². The second-order valence-corrected chi connectivity index (χ2v) is 11.3. The Morgan fingerprint density at radius 2 is 1.57 bits per heavy atom. The van der Waals surface area contributed by atoms with Crippen molar-refractivity contribution >= 4 is 6.09 Å². The van der Waals surface area contributed by atoms with E-state index in [-0.39, 0.29) is 29.7 Å². The van der Waals surface area contributed by atoms with E-state index < -0.39 is 5.60 Å². The fourth-order valence-electron chi connectivity index (χ4n) is 4.40. The molecule has 2 heterocycles. The standard InChI is InChI=1S/C30H33N5O5/c1-29(2,3)40-28(36)33-21-16-24(17-21)38-22-10-6-19(7-11-22)30(4,5)20-8-12-23(13-9-20)39-27-31-15-14-25(34-27)26-35-32-18-37-26/h6-15,18,21,24H,16-17H2,1-5H3,(H,33,36). The van der Waals surface area contributed by atoms with Gasteiger partial charge in [-0.3, -0.25) is 0 Å². The third kappa shape index (κ3) is 6.56. The third-order valence-electron chi connectivity index (χ3n) is 6.69. The van der Waals surface area contributed by atoms with Crippen LogP contribution in [0.1, 0.15) is 58.6 Å². The topological polar surface area (TPSA) is 121 Å². The summed E-state index contributed by atoms with van der Waals surface area (Å²) in [6.45, 7) is 9.91. The number of ether oxygens (including phenoxy) is 3. The van der Waals surface area contributed by atoms with Crippen LogP contribution in [0, 0.1) is 0 Å². The molecule has 4 aromatic rings. The summed E-state index contributed by atoms with van der Waals surface area (Å²) in [4.78, 5) is 20.4. The third-order valence-corrected chi connectivity index (χ3v) is 6.69. The molecule has 5 rings (SSSR count). The van der Waals surface area contributed by atoms with E-state index >= 15 is 0 Å². The van der Waals surface area contributed by atoms with Crippen molar-refractivity contribution in [2.75, 3.05) is 0 Å². The highest BCUT2D eigenvalue weighted by Crippen LogP contribution is 2.35. The molecule has 1 N–H and O–H groups in total. The number of alkyl carbamates (subject to hydrolysis) is 1. The first kappa shape index (κ1) is 27.1. The smallest absolute Gasteiger partial charge is 0.407 e. The molecule has 10 heteroatoms. The second-order valence-electron chi connectivity index (χ2n) is 11.3. The van der Waals surface area contributed by atoms with E-state index in [0.29, 0.717) is 17.3 Å². The van der Waals surface area contributed by atoms with Gasteiger partial charge in [-0.15, -0.1) is 10.2 Å². The lowest BCUT2D eigenvalue weighted by Crippen LogP contribution is -2.50. The van der Waals surface area contributed by atoms with Crippen molar-refractivity contribution in [3.63, 3.8) is 0 Å². The van der Waals surface area contributed by atoms with Crippen LogP contribution in [0.25, 0.3) is 11.6 Å². The fourth-order valence-corrected chi connectivity index (χ4v) is 4.40. The van der Waals surface area contributed by atoms with Crippen LogP contribution in [0.4, 0.5) is 4.79 Å². The zero-order valence-electron chi connectivity index (χ0n) is 23.2. The zero-order chi connectivity index (χ0) is 28.3. The summed E-state index contributed by atoms with van der Waals surface area (Å²) in [6.07, 6.45) is 4.03. The van der Waals surface area contributed by atoms with Gasteiger partial charge in [0, 0.05) is 30.5 Å². The SMILES string of the molecule is CC(C)(C)OC(=O)NC1CC(Oc2ccc(C(C)(C)c3ccc(Oc4nccc(-c5nnco5)n4)cc3)cc2)C1. The summed E-state index contributed by atoms with van der Waals surface area (Å²) in [5, 5.41) is 10.4. The number of hydrogen-bond acceptors (Lipinski definition) is 9. The average molecular weight is 544 g/mol. The summed E-state index contributed by atoms with van der Waals surface area (Å²) >= 11 is 0. The lowest BCUT2D eigenvalue weighted by atomic mass is 9.78. The van der Waals surface area contributed by atoms with Crippen LogP contribution in [-0.4, -0.2) is 44.0 Å². The average Bonchev–Trinajstić information content (AvgIpc) is 3.42. The number of hydrogen-bond donors (Lipinski definition) is 1. The second kappa shape index (κ2) is 11.0. The Morgan fingerprint density at radius 1 is 0.925 bits per heavy atom. The molecule has 2 aromatic carbocycles. The Kier molecular flexibility index (Phi) is 7.42. The largest absolute Gasteiger partial charge is 0.490 e. The maximum atomic E-state index is 11.9. The Balaban J connectivity index is 1.15. The number of amides is 1. The normalized spacial score (nSPS) is 17.0. The van der Waals surface area contributed by atoms with Crippen LogP contribution in [0.2, 0.25) is 0 Å². The predicted molar refractivity (Wildman–Crippen MR) is 147 cm³/mol. The van der Waals surface area contributed by atoms with Gasteiger partial charge in [-0.2, -0.15) is 4.98 Å². The monoisotopic (exact) mass is 543 g/mol.